The van der Waals surface area contributed by atoms with Gasteiger partial charge in [-0.2, -0.15) is 0 Å². The molecule has 0 N–H and O–H groups in total. The molecule has 6 nitrogen and oxygen atoms in total. The molecule has 7 heteroatoms. The van der Waals surface area contributed by atoms with Gasteiger partial charge in [-0.05, 0) is 45.2 Å². The van der Waals surface area contributed by atoms with E-state index in [-0.39, 0.29) is 17.6 Å². The van der Waals surface area contributed by atoms with Crippen LogP contribution in [0.2, 0.25) is 0 Å². The zero-order valence-electron chi connectivity index (χ0n) is 16.0. The predicted octanol–water partition coefficient (Wildman–Crippen LogP) is 3.61. The van der Waals surface area contributed by atoms with Gasteiger partial charge in [0.2, 0.25) is 10.0 Å². The first-order valence-electron chi connectivity index (χ1n) is 9.45. The number of carbonyl (C=O) groups excluding carboxylic acids is 1. The van der Waals surface area contributed by atoms with E-state index in [0.717, 1.165) is 35.7 Å². The molecule has 144 valence electrons. The van der Waals surface area contributed by atoms with Crippen molar-refractivity contribution in [2.45, 2.75) is 39.2 Å². The van der Waals surface area contributed by atoms with Crippen molar-refractivity contribution >= 4 is 37.9 Å². The zero-order chi connectivity index (χ0) is 19.3. The molecule has 0 aliphatic carbocycles. The van der Waals surface area contributed by atoms with Gasteiger partial charge in [-0.3, -0.25) is 4.79 Å². The summed E-state index contributed by atoms with van der Waals surface area (Å²) in [5, 5.41) is 0.851. The summed E-state index contributed by atoms with van der Waals surface area (Å²) in [5.41, 5.74) is 2.61. The Morgan fingerprint density at radius 2 is 1.70 bits per heavy atom. The van der Waals surface area contributed by atoms with E-state index in [1.165, 1.54) is 10.2 Å². The lowest BCUT2D eigenvalue weighted by Gasteiger charge is -2.26. The molecule has 0 saturated carbocycles. The maximum absolute atomic E-state index is 13.2. The normalized spacial score (nSPS) is 15.9. The van der Waals surface area contributed by atoms with Crippen molar-refractivity contribution in [1.82, 2.24) is 13.4 Å². The van der Waals surface area contributed by atoms with Crippen molar-refractivity contribution in [3.05, 3.63) is 36.0 Å². The Bertz CT molecular complexity index is 1130. The molecule has 2 aromatic heterocycles. The molecule has 0 radical (unpaired) electrons. The Morgan fingerprint density at radius 3 is 2.33 bits per heavy atom. The van der Waals surface area contributed by atoms with Crippen LogP contribution < -0.4 is 0 Å². The highest BCUT2D eigenvalue weighted by Crippen LogP contribution is 2.35. The lowest BCUT2D eigenvalue weighted by molar-refractivity contribution is 0.0717. The van der Waals surface area contributed by atoms with Crippen LogP contribution in [-0.2, 0) is 10.0 Å². The summed E-state index contributed by atoms with van der Waals surface area (Å²) in [5.74, 6) is -0.198. The van der Waals surface area contributed by atoms with Crippen molar-refractivity contribution in [3.63, 3.8) is 0 Å². The second-order valence-electron chi connectivity index (χ2n) is 7.62. The fraction of sp³-hybridized carbons (Fsp3) is 0.450. The molecule has 0 bridgehead atoms. The molecule has 0 unspecified atom stereocenters. The lowest BCUT2D eigenvalue weighted by atomic mass is 10.1. The fourth-order valence-corrected chi connectivity index (χ4v) is 5.25. The maximum atomic E-state index is 13.2. The molecular formula is C20H25N3O3S. The molecule has 3 heterocycles. The molecule has 4 rings (SSSR count). The molecule has 1 fully saturated rings. The Morgan fingerprint density at radius 1 is 1.04 bits per heavy atom. The van der Waals surface area contributed by atoms with Crippen LogP contribution >= 0.6 is 0 Å². The molecule has 1 amide bonds. The Balaban J connectivity index is 2.06. The SMILES string of the molecule is CC(C)n1c2ccccc2c2c1cc(C(=O)N1CCCCC1)n2S(C)(=O)=O. The topological polar surface area (TPSA) is 64.3 Å². The third kappa shape index (κ3) is 2.84. The average molecular weight is 388 g/mol. The van der Waals surface area contributed by atoms with E-state index < -0.39 is 10.0 Å². The first-order valence-corrected chi connectivity index (χ1v) is 11.3. The van der Waals surface area contributed by atoms with Gasteiger partial charge in [-0.25, -0.2) is 12.4 Å². The zero-order valence-corrected chi connectivity index (χ0v) is 16.8. The minimum atomic E-state index is -3.65. The molecule has 0 spiro atoms. The van der Waals surface area contributed by atoms with Crippen molar-refractivity contribution in [2.24, 2.45) is 0 Å². The number of benzene rings is 1. The summed E-state index contributed by atoms with van der Waals surface area (Å²) >= 11 is 0. The van der Waals surface area contributed by atoms with E-state index in [1.54, 1.807) is 11.0 Å². The van der Waals surface area contributed by atoms with Crippen molar-refractivity contribution in [1.29, 1.82) is 0 Å². The molecular weight excluding hydrogens is 362 g/mol. The van der Waals surface area contributed by atoms with Crippen LogP contribution in [0.4, 0.5) is 0 Å². The number of aromatic nitrogens is 2. The van der Waals surface area contributed by atoms with E-state index in [2.05, 4.69) is 18.4 Å². The summed E-state index contributed by atoms with van der Waals surface area (Å²) in [6.07, 6.45) is 4.21. The standard InChI is InChI=1S/C20H25N3O3S/c1-14(2)22-16-10-6-5-9-15(16)19-17(22)13-18(23(19)27(3,25)26)20(24)21-11-7-4-8-12-21/h5-6,9-10,13-14H,4,7-8,11-12H2,1-3H3. The largest absolute Gasteiger partial charge is 0.337 e. The van der Waals surface area contributed by atoms with Gasteiger partial charge >= 0.3 is 0 Å². The summed E-state index contributed by atoms with van der Waals surface area (Å²) in [4.78, 5) is 15.0. The minimum absolute atomic E-state index is 0.140. The molecule has 1 aromatic carbocycles. The first kappa shape index (κ1) is 18.1. The minimum Gasteiger partial charge on any atom is -0.337 e. The van der Waals surface area contributed by atoms with E-state index in [0.29, 0.717) is 18.6 Å². The monoisotopic (exact) mass is 387 g/mol. The average Bonchev–Trinajstić information content (AvgIpc) is 3.15. The van der Waals surface area contributed by atoms with Gasteiger partial charge in [0, 0.05) is 24.5 Å². The molecule has 1 aliphatic heterocycles. The molecule has 1 aliphatic rings. The molecule has 1 saturated heterocycles. The third-order valence-corrected chi connectivity index (χ3v) is 6.37. The van der Waals surface area contributed by atoms with Crippen LogP contribution in [0.15, 0.2) is 30.3 Å². The number of amides is 1. The number of hydrogen-bond acceptors (Lipinski definition) is 3. The number of piperidine rings is 1. The van der Waals surface area contributed by atoms with E-state index in [9.17, 15) is 13.2 Å². The van der Waals surface area contributed by atoms with E-state index in [4.69, 9.17) is 0 Å². The summed E-state index contributed by atoms with van der Waals surface area (Å²) in [6.45, 7) is 5.50. The van der Waals surface area contributed by atoms with Gasteiger partial charge in [-0.15, -0.1) is 0 Å². The number of carbonyl (C=O) groups is 1. The lowest BCUT2D eigenvalue weighted by Crippen LogP contribution is -2.37. The summed E-state index contributed by atoms with van der Waals surface area (Å²) in [6, 6.07) is 9.67. The fourth-order valence-electron chi connectivity index (χ4n) is 4.23. The van der Waals surface area contributed by atoms with Crippen LogP contribution in [-0.4, -0.2) is 47.1 Å². The van der Waals surface area contributed by atoms with Crippen LogP contribution in [0, 0.1) is 0 Å². The number of hydrogen-bond donors (Lipinski definition) is 0. The van der Waals surface area contributed by atoms with E-state index >= 15 is 0 Å². The first-order chi connectivity index (χ1) is 12.8. The summed E-state index contributed by atoms with van der Waals surface area (Å²) in [7, 11) is -3.65. The molecule has 27 heavy (non-hydrogen) atoms. The predicted molar refractivity (Wildman–Crippen MR) is 108 cm³/mol. The van der Waals surface area contributed by atoms with Gasteiger partial charge in [-0.1, -0.05) is 18.2 Å². The van der Waals surface area contributed by atoms with Crippen LogP contribution in [0.25, 0.3) is 21.9 Å². The molecule has 3 aromatic rings. The van der Waals surface area contributed by atoms with Crippen molar-refractivity contribution < 1.29 is 13.2 Å². The number of nitrogens with zero attached hydrogens (tertiary/aromatic N) is 3. The van der Waals surface area contributed by atoms with Gasteiger partial charge in [0.25, 0.3) is 5.91 Å². The third-order valence-electron chi connectivity index (χ3n) is 5.33. The number of para-hydroxylation sites is 1. The highest BCUT2D eigenvalue weighted by Gasteiger charge is 2.29. The Kier molecular flexibility index (Phi) is 4.29. The maximum Gasteiger partial charge on any atom is 0.271 e. The highest BCUT2D eigenvalue weighted by atomic mass is 32.2. The van der Waals surface area contributed by atoms with Gasteiger partial charge in [0.15, 0.2) is 0 Å². The molecule has 0 atom stereocenters. The quantitative estimate of drug-likeness (QED) is 0.690. The van der Waals surface area contributed by atoms with Crippen molar-refractivity contribution in [2.75, 3.05) is 19.3 Å². The second kappa shape index (κ2) is 6.41. The Hall–Kier alpha value is -2.28. The van der Waals surface area contributed by atoms with Crippen molar-refractivity contribution in [3.8, 4) is 0 Å². The van der Waals surface area contributed by atoms with Gasteiger partial charge in [0.05, 0.1) is 22.8 Å². The van der Waals surface area contributed by atoms with Crippen LogP contribution in [0.1, 0.15) is 49.6 Å². The van der Waals surface area contributed by atoms with Gasteiger partial charge in [0.1, 0.15) is 5.69 Å². The van der Waals surface area contributed by atoms with Gasteiger partial charge < -0.3 is 9.47 Å². The number of fused-ring (bicyclic) bond motifs is 3. The van der Waals surface area contributed by atoms with Crippen LogP contribution in [0.3, 0.4) is 0 Å². The highest BCUT2D eigenvalue weighted by molar-refractivity contribution is 7.89. The van der Waals surface area contributed by atoms with E-state index in [1.807, 2.05) is 24.3 Å². The Labute approximate surface area is 159 Å². The second-order valence-corrected chi connectivity index (χ2v) is 9.46. The smallest absolute Gasteiger partial charge is 0.271 e. The summed E-state index contributed by atoms with van der Waals surface area (Å²) < 4.78 is 28.8. The number of likely N-dealkylation sites (tertiary alicyclic amines) is 1. The number of rotatable bonds is 3. The van der Waals surface area contributed by atoms with Crippen LogP contribution in [0.5, 0.6) is 0 Å².